The van der Waals surface area contributed by atoms with Crippen LogP contribution in [0.3, 0.4) is 0 Å². The number of rotatable bonds is 7. The van der Waals surface area contributed by atoms with Crippen molar-refractivity contribution in [1.29, 1.82) is 0 Å². The number of β-amino-alcohol motifs (C(OH)–C–C–N with tert-alkyl or cyclic N) is 1. The average Bonchev–Trinajstić information content (AvgIpc) is 2.78. The van der Waals surface area contributed by atoms with E-state index >= 15 is 0 Å². The highest BCUT2D eigenvalue weighted by Gasteiger charge is 2.30. The molecule has 3 aromatic rings. The van der Waals surface area contributed by atoms with Gasteiger partial charge < -0.3 is 14.7 Å². The third-order valence-electron chi connectivity index (χ3n) is 5.99. The number of piperidine rings is 1. The fraction of sp³-hybridized carbons (Fsp3) is 0.417. The molecule has 1 aliphatic heterocycles. The van der Waals surface area contributed by atoms with Crippen LogP contribution < -0.4 is 4.74 Å². The Hall–Kier alpha value is -2.54. The first kappa shape index (κ1) is 20.7. The highest BCUT2D eigenvalue weighted by Crippen LogP contribution is 2.24. The molecule has 0 bridgehead atoms. The molecule has 4 rings (SSSR count). The van der Waals surface area contributed by atoms with E-state index < -0.39 is 0 Å². The Morgan fingerprint density at radius 3 is 2.80 bits per heavy atom. The molecule has 0 amide bonds. The van der Waals surface area contributed by atoms with Gasteiger partial charge in [0.1, 0.15) is 11.3 Å². The van der Waals surface area contributed by atoms with Crippen molar-refractivity contribution < 1.29 is 9.84 Å². The number of nitrogens with zero attached hydrogens (tertiary/aromatic N) is 4. The van der Waals surface area contributed by atoms with Gasteiger partial charge in [-0.3, -0.25) is 9.88 Å². The van der Waals surface area contributed by atoms with Gasteiger partial charge >= 0.3 is 0 Å². The zero-order valence-corrected chi connectivity index (χ0v) is 17.7. The van der Waals surface area contributed by atoms with Crippen molar-refractivity contribution in [3.8, 4) is 5.75 Å². The van der Waals surface area contributed by atoms with Crippen LogP contribution in [0.1, 0.15) is 17.8 Å². The second-order valence-electron chi connectivity index (χ2n) is 8.04. The van der Waals surface area contributed by atoms with E-state index in [9.17, 15) is 5.11 Å². The minimum absolute atomic E-state index is 0.176. The summed E-state index contributed by atoms with van der Waals surface area (Å²) in [7, 11) is 3.78. The topological polar surface area (TPSA) is 61.7 Å². The third-order valence-corrected chi connectivity index (χ3v) is 5.99. The molecule has 1 aliphatic rings. The molecule has 2 aromatic heterocycles. The average molecular weight is 407 g/mol. The zero-order valence-electron chi connectivity index (χ0n) is 17.7. The molecule has 1 fully saturated rings. The molecular formula is C24H30N4O2. The van der Waals surface area contributed by atoms with E-state index in [4.69, 9.17) is 9.72 Å². The second kappa shape index (κ2) is 9.51. The first-order valence-electron chi connectivity index (χ1n) is 10.6. The summed E-state index contributed by atoms with van der Waals surface area (Å²) < 4.78 is 5.46. The van der Waals surface area contributed by atoms with Gasteiger partial charge in [0.2, 0.25) is 0 Å². The highest BCUT2D eigenvalue weighted by atomic mass is 16.5. The van der Waals surface area contributed by atoms with E-state index in [0.29, 0.717) is 6.54 Å². The Kier molecular flexibility index (Phi) is 6.57. The lowest BCUT2D eigenvalue weighted by molar-refractivity contribution is -0.00650. The smallest absolute Gasteiger partial charge is 0.145 e. The number of hydrogen-bond donors (Lipinski definition) is 1. The van der Waals surface area contributed by atoms with Crippen molar-refractivity contribution in [2.45, 2.75) is 31.5 Å². The molecule has 2 atom stereocenters. The number of likely N-dealkylation sites (tertiary alicyclic amines) is 1. The van der Waals surface area contributed by atoms with E-state index in [1.54, 1.807) is 7.11 Å². The van der Waals surface area contributed by atoms with Crippen LogP contribution in [-0.4, -0.2) is 70.8 Å². The number of aromatic nitrogens is 2. The molecule has 6 nitrogen and oxygen atoms in total. The SMILES string of the molecule is COc1cccc2ccc(CN3CC[C@@H](N(C)CCc4ccccn4)[C@H](O)C3)nc12. The number of methoxy groups -OCH3 is 1. The van der Waals surface area contributed by atoms with Crippen molar-refractivity contribution in [2.24, 2.45) is 0 Å². The van der Waals surface area contributed by atoms with E-state index in [1.807, 2.05) is 36.5 Å². The first-order valence-corrected chi connectivity index (χ1v) is 10.6. The second-order valence-corrected chi connectivity index (χ2v) is 8.04. The van der Waals surface area contributed by atoms with Crippen molar-refractivity contribution in [3.05, 3.63) is 66.1 Å². The van der Waals surface area contributed by atoms with Crippen molar-refractivity contribution >= 4 is 10.9 Å². The number of aliphatic hydroxyl groups excluding tert-OH is 1. The predicted octanol–water partition coefficient (Wildman–Crippen LogP) is 2.75. The Bertz CT molecular complexity index is 966. The predicted molar refractivity (Wildman–Crippen MR) is 119 cm³/mol. The minimum atomic E-state index is -0.373. The quantitative estimate of drug-likeness (QED) is 0.651. The molecule has 158 valence electrons. The summed E-state index contributed by atoms with van der Waals surface area (Å²) in [6.45, 7) is 3.23. The van der Waals surface area contributed by atoms with Gasteiger partial charge in [0.15, 0.2) is 0 Å². The molecule has 0 spiro atoms. The number of para-hydroxylation sites is 1. The lowest BCUT2D eigenvalue weighted by Gasteiger charge is -2.40. The maximum Gasteiger partial charge on any atom is 0.145 e. The van der Waals surface area contributed by atoms with E-state index in [2.05, 4.69) is 40.0 Å². The summed E-state index contributed by atoms with van der Waals surface area (Å²) in [4.78, 5) is 13.8. The van der Waals surface area contributed by atoms with Crippen LogP contribution >= 0.6 is 0 Å². The van der Waals surface area contributed by atoms with E-state index in [1.165, 1.54) is 0 Å². The number of benzene rings is 1. The summed E-state index contributed by atoms with van der Waals surface area (Å²) >= 11 is 0. The maximum atomic E-state index is 10.8. The van der Waals surface area contributed by atoms with E-state index in [-0.39, 0.29) is 12.1 Å². The van der Waals surface area contributed by atoms with Gasteiger partial charge in [-0.05, 0) is 37.7 Å². The van der Waals surface area contributed by atoms with Gasteiger partial charge in [0, 0.05) is 55.9 Å². The number of likely N-dealkylation sites (N-methyl/N-ethyl adjacent to an activating group) is 1. The van der Waals surface area contributed by atoms with E-state index in [0.717, 1.165) is 60.5 Å². The van der Waals surface area contributed by atoms with Crippen LogP contribution in [0.4, 0.5) is 0 Å². The van der Waals surface area contributed by atoms with Crippen LogP contribution in [0.15, 0.2) is 54.7 Å². The summed E-state index contributed by atoms with van der Waals surface area (Å²) in [6, 6.07) is 16.3. The standard InChI is InChI=1S/C24H30N4O2/c1-27(14-11-19-7-3-4-13-25-19)21-12-15-28(17-22(21)29)16-20-10-9-18-6-5-8-23(30-2)24(18)26-20/h3-10,13,21-22,29H,11-12,14-17H2,1-2H3/t21-,22-/m1/s1. The van der Waals surface area contributed by atoms with Gasteiger partial charge in [-0.25, -0.2) is 4.98 Å². The highest BCUT2D eigenvalue weighted by molar-refractivity contribution is 5.84. The normalized spacial score (nSPS) is 20.0. The number of fused-ring (bicyclic) bond motifs is 1. The lowest BCUT2D eigenvalue weighted by Crippen LogP contribution is -2.53. The molecule has 0 aliphatic carbocycles. The molecule has 0 saturated carbocycles. The van der Waals surface area contributed by atoms with Crippen LogP contribution in [-0.2, 0) is 13.0 Å². The third kappa shape index (κ3) is 4.78. The molecule has 30 heavy (non-hydrogen) atoms. The Balaban J connectivity index is 1.34. The fourth-order valence-electron chi connectivity index (χ4n) is 4.29. The monoisotopic (exact) mass is 406 g/mol. The van der Waals surface area contributed by atoms with Crippen molar-refractivity contribution in [2.75, 3.05) is 33.8 Å². The fourth-order valence-corrected chi connectivity index (χ4v) is 4.29. The molecule has 6 heteroatoms. The van der Waals surface area contributed by atoms with Crippen LogP contribution in [0, 0.1) is 0 Å². The summed E-state index contributed by atoms with van der Waals surface area (Å²) in [5.74, 6) is 0.794. The largest absolute Gasteiger partial charge is 0.494 e. The molecule has 0 unspecified atom stereocenters. The molecule has 0 radical (unpaired) electrons. The summed E-state index contributed by atoms with van der Waals surface area (Å²) in [5, 5.41) is 11.9. The lowest BCUT2D eigenvalue weighted by atomic mass is 10.00. The number of aliphatic hydroxyl groups is 1. The van der Waals surface area contributed by atoms with Crippen LogP contribution in [0.2, 0.25) is 0 Å². The molecule has 1 saturated heterocycles. The van der Waals surface area contributed by atoms with Crippen molar-refractivity contribution in [3.63, 3.8) is 0 Å². The van der Waals surface area contributed by atoms with Gasteiger partial charge in [-0.15, -0.1) is 0 Å². The van der Waals surface area contributed by atoms with Crippen LogP contribution in [0.5, 0.6) is 5.75 Å². The van der Waals surface area contributed by atoms with Gasteiger partial charge in [0.25, 0.3) is 0 Å². The number of ether oxygens (including phenoxy) is 1. The maximum absolute atomic E-state index is 10.8. The van der Waals surface area contributed by atoms with Gasteiger partial charge in [-0.1, -0.05) is 24.3 Å². The van der Waals surface area contributed by atoms with Crippen molar-refractivity contribution in [1.82, 2.24) is 19.8 Å². The molecule has 1 aromatic carbocycles. The molecule has 3 heterocycles. The number of pyridine rings is 2. The van der Waals surface area contributed by atoms with Gasteiger partial charge in [0.05, 0.1) is 18.9 Å². The Morgan fingerprint density at radius 2 is 2.03 bits per heavy atom. The minimum Gasteiger partial charge on any atom is -0.494 e. The number of hydrogen-bond acceptors (Lipinski definition) is 6. The Morgan fingerprint density at radius 1 is 1.13 bits per heavy atom. The Labute approximate surface area is 178 Å². The summed E-state index contributed by atoms with van der Waals surface area (Å²) in [5.41, 5.74) is 2.98. The first-order chi connectivity index (χ1) is 14.6. The molecular weight excluding hydrogens is 376 g/mol. The van der Waals surface area contributed by atoms with Crippen LogP contribution in [0.25, 0.3) is 10.9 Å². The molecule has 1 N–H and O–H groups in total. The summed E-state index contributed by atoms with van der Waals surface area (Å²) in [6.07, 6.45) is 3.30. The zero-order chi connectivity index (χ0) is 20.9. The van der Waals surface area contributed by atoms with Gasteiger partial charge in [-0.2, -0.15) is 0 Å².